The van der Waals surface area contributed by atoms with Crippen molar-refractivity contribution < 1.29 is 9.21 Å². The van der Waals surface area contributed by atoms with Crippen LogP contribution in [0.25, 0.3) is 11.5 Å². The Morgan fingerprint density at radius 3 is 2.41 bits per heavy atom. The zero-order valence-electron chi connectivity index (χ0n) is 17.0. The number of hydrogen-bond donors (Lipinski definition) is 1. The van der Waals surface area contributed by atoms with Crippen LogP contribution >= 0.6 is 0 Å². The number of amides is 1. The van der Waals surface area contributed by atoms with Crippen molar-refractivity contribution in [2.75, 3.05) is 20.6 Å². The molecular formula is C23H28N4O2. The van der Waals surface area contributed by atoms with Gasteiger partial charge in [0.15, 0.2) is 0 Å². The summed E-state index contributed by atoms with van der Waals surface area (Å²) in [7, 11) is 4.08. The molecule has 0 aliphatic rings. The Hall–Kier alpha value is -2.99. The molecule has 6 nitrogen and oxygen atoms in total. The third-order valence-electron chi connectivity index (χ3n) is 4.86. The standard InChI is InChI=1S/C23H28N4O2/c1-27(2)20(16-18-10-5-3-6-11-18)17-24-21(28)14-9-15-22-25-26-23(29-22)19-12-7-4-8-13-19/h3-8,10-13,20H,9,14-17H2,1-2H3,(H,24,28). The van der Waals surface area contributed by atoms with Gasteiger partial charge in [0.2, 0.25) is 17.7 Å². The van der Waals surface area contributed by atoms with Crippen molar-refractivity contribution in [1.82, 2.24) is 20.4 Å². The molecule has 1 atom stereocenters. The SMILES string of the molecule is CN(C)C(CNC(=O)CCCc1nnc(-c2ccccc2)o1)Cc1ccccc1. The Kier molecular flexibility index (Phi) is 7.53. The number of benzene rings is 2. The fourth-order valence-corrected chi connectivity index (χ4v) is 3.10. The summed E-state index contributed by atoms with van der Waals surface area (Å²) < 4.78 is 5.69. The number of aromatic nitrogens is 2. The first-order valence-corrected chi connectivity index (χ1v) is 9.96. The van der Waals surface area contributed by atoms with Crippen LogP contribution in [0.4, 0.5) is 0 Å². The average molecular weight is 393 g/mol. The summed E-state index contributed by atoms with van der Waals surface area (Å²) in [5, 5.41) is 11.2. The van der Waals surface area contributed by atoms with Gasteiger partial charge in [-0.25, -0.2) is 0 Å². The maximum atomic E-state index is 12.2. The highest BCUT2D eigenvalue weighted by molar-refractivity contribution is 5.75. The molecule has 0 fully saturated rings. The Balaban J connectivity index is 1.41. The highest BCUT2D eigenvalue weighted by Crippen LogP contribution is 2.17. The predicted molar refractivity (Wildman–Crippen MR) is 113 cm³/mol. The first-order valence-electron chi connectivity index (χ1n) is 9.96. The summed E-state index contributed by atoms with van der Waals surface area (Å²) in [6, 6.07) is 20.3. The lowest BCUT2D eigenvalue weighted by Crippen LogP contribution is -2.41. The van der Waals surface area contributed by atoms with Gasteiger partial charge in [0, 0.05) is 31.0 Å². The molecule has 0 saturated heterocycles. The molecule has 6 heteroatoms. The second kappa shape index (κ2) is 10.5. The fraction of sp³-hybridized carbons (Fsp3) is 0.348. The van der Waals surface area contributed by atoms with E-state index in [1.165, 1.54) is 5.56 Å². The monoisotopic (exact) mass is 392 g/mol. The van der Waals surface area contributed by atoms with Crippen LogP contribution in [0.2, 0.25) is 0 Å². The summed E-state index contributed by atoms with van der Waals surface area (Å²) in [4.78, 5) is 14.4. The molecule has 152 valence electrons. The first kappa shape index (κ1) is 20.7. The Morgan fingerprint density at radius 1 is 1.03 bits per heavy atom. The zero-order chi connectivity index (χ0) is 20.5. The fourth-order valence-electron chi connectivity index (χ4n) is 3.10. The van der Waals surface area contributed by atoms with Gasteiger partial charge in [-0.2, -0.15) is 0 Å². The molecule has 3 aromatic rings. The van der Waals surface area contributed by atoms with Crippen molar-refractivity contribution in [2.24, 2.45) is 0 Å². The molecule has 0 aliphatic carbocycles. The number of likely N-dealkylation sites (N-methyl/N-ethyl adjacent to an activating group) is 1. The van der Waals surface area contributed by atoms with E-state index >= 15 is 0 Å². The summed E-state index contributed by atoms with van der Waals surface area (Å²) in [5.74, 6) is 1.12. The summed E-state index contributed by atoms with van der Waals surface area (Å²) in [6.45, 7) is 0.624. The van der Waals surface area contributed by atoms with E-state index in [1.807, 2.05) is 62.6 Å². The van der Waals surface area contributed by atoms with E-state index in [-0.39, 0.29) is 11.9 Å². The van der Waals surface area contributed by atoms with Gasteiger partial charge in [-0.3, -0.25) is 4.79 Å². The number of hydrogen-bond acceptors (Lipinski definition) is 5. The van der Waals surface area contributed by atoms with Crippen LogP contribution in [0.15, 0.2) is 65.1 Å². The molecule has 1 heterocycles. The summed E-state index contributed by atoms with van der Waals surface area (Å²) >= 11 is 0. The van der Waals surface area contributed by atoms with Crippen LogP contribution in [0.1, 0.15) is 24.3 Å². The van der Waals surface area contributed by atoms with Crippen molar-refractivity contribution in [2.45, 2.75) is 31.7 Å². The number of carbonyl (C=O) groups excluding carboxylic acids is 1. The van der Waals surface area contributed by atoms with Crippen molar-refractivity contribution in [3.05, 3.63) is 72.1 Å². The normalized spacial score (nSPS) is 12.1. The largest absolute Gasteiger partial charge is 0.421 e. The quantitative estimate of drug-likeness (QED) is 0.573. The van der Waals surface area contributed by atoms with Crippen LogP contribution in [-0.4, -0.2) is 47.7 Å². The van der Waals surface area contributed by atoms with Gasteiger partial charge in [-0.05, 0) is 44.6 Å². The lowest BCUT2D eigenvalue weighted by Gasteiger charge is -2.24. The predicted octanol–water partition coefficient (Wildman–Crippen LogP) is 3.35. The maximum Gasteiger partial charge on any atom is 0.247 e. The molecule has 29 heavy (non-hydrogen) atoms. The first-order chi connectivity index (χ1) is 14.1. The highest BCUT2D eigenvalue weighted by Gasteiger charge is 2.14. The third kappa shape index (κ3) is 6.54. The molecule has 2 aromatic carbocycles. The number of aryl methyl sites for hydroxylation is 1. The van der Waals surface area contributed by atoms with E-state index in [4.69, 9.17) is 4.42 Å². The van der Waals surface area contributed by atoms with Crippen LogP contribution in [0, 0.1) is 0 Å². The van der Waals surface area contributed by atoms with Gasteiger partial charge >= 0.3 is 0 Å². The molecule has 0 bridgehead atoms. The lowest BCUT2D eigenvalue weighted by atomic mass is 10.1. The number of carbonyl (C=O) groups is 1. The average Bonchev–Trinajstić information content (AvgIpc) is 3.21. The molecule has 1 aromatic heterocycles. The number of nitrogens with zero attached hydrogens (tertiary/aromatic N) is 3. The highest BCUT2D eigenvalue weighted by atomic mass is 16.4. The zero-order valence-corrected chi connectivity index (χ0v) is 17.0. The second-order valence-electron chi connectivity index (χ2n) is 7.33. The van der Waals surface area contributed by atoms with Crippen LogP contribution in [0.5, 0.6) is 0 Å². The van der Waals surface area contributed by atoms with Gasteiger partial charge in [0.25, 0.3) is 0 Å². The van der Waals surface area contributed by atoms with Gasteiger partial charge in [0.05, 0.1) is 0 Å². The molecule has 0 radical (unpaired) electrons. The van der Waals surface area contributed by atoms with Crippen molar-refractivity contribution in [1.29, 1.82) is 0 Å². The molecule has 3 rings (SSSR count). The Bertz CT molecular complexity index is 878. The van der Waals surface area contributed by atoms with Gasteiger partial charge in [-0.1, -0.05) is 48.5 Å². The van der Waals surface area contributed by atoms with E-state index in [2.05, 4.69) is 32.5 Å². The molecule has 1 unspecified atom stereocenters. The van der Waals surface area contributed by atoms with Crippen LogP contribution in [0.3, 0.4) is 0 Å². The molecule has 0 aliphatic heterocycles. The van der Waals surface area contributed by atoms with Crippen LogP contribution in [-0.2, 0) is 17.6 Å². The minimum Gasteiger partial charge on any atom is -0.421 e. The molecule has 0 saturated carbocycles. The van der Waals surface area contributed by atoms with Gasteiger partial charge in [0.1, 0.15) is 0 Å². The van der Waals surface area contributed by atoms with Crippen molar-refractivity contribution in [3.63, 3.8) is 0 Å². The van der Waals surface area contributed by atoms with Crippen molar-refractivity contribution >= 4 is 5.91 Å². The molecule has 1 amide bonds. The smallest absolute Gasteiger partial charge is 0.247 e. The number of rotatable bonds is 10. The van der Waals surface area contributed by atoms with Crippen LogP contribution < -0.4 is 5.32 Å². The Labute approximate surface area is 172 Å². The summed E-state index contributed by atoms with van der Waals surface area (Å²) in [5.41, 5.74) is 2.17. The van der Waals surface area contributed by atoms with E-state index in [1.54, 1.807) is 0 Å². The van der Waals surface area contributed by atoms with E-state index in [0.717, 1.165) is 12.0 Å². The minimum atomic E-state index is 0.0488. The van der Waals surface area contributed by atoms with Gasteiger partial charge < -0.3 is 14.6 Å². The van der Waals surface area contributed by atoms with E-state index in [0.29, 0.717) is 37.6 Å². The molecule has 1 N–H and O–H groups in total. The summed E-state index contributed by atoms with van der Waals surface area (Å²) in [6.07, 6.45) is 2.61. The lowest BCUT2D eigenvalue weighted by molar-refractivity contribution is -0.121. The van der Waals surface area contributed by atoms with Crippen molar-refractivity contribution in [3.8, 4) is 11.5 Å². The van der Waals surface area contributed by atoms with E-state index < -0.39 is 0 Å². The molecule has 0 spiro atoms. The van der Waals surface area contributed by atoms with E-state index in [9.17, 15) is 4.79 Å². The third-order valence-corrected chi connectivity index (χ3v) is 4.86. The minimum absolute atomic E-state index is 0.0488. The molecular weight excluding hydrogens is 364 g/mol. The Morgan fingerprint density at radius 2 is 1.72 bits per heavy atom. The number of nitrogens with one attached hydrogen (secondary N) is 1. The second-order valence-corrected chi connectivity index (χ2v) is 7.33. The maximum absolute atomic E-state index is 12.2. The van der Waals surface area contributed by atoms with Gasteiger partial charge in [-0.15, -0.1) is 10.2 Å². The topological polar surface area (TPSA) is 71.3 Å².